The van der Waals surface area contributed by atoms with Gasteiger partial charge < -0.3 is 10.4 Å². The fourth-order valence-electron chi connectivity index (χ4n) is 2.49. The van der Waals surface area contributed by atoms with E-state index in [1.54, 1.807) is 6.92 Å². The number of nitrogens with one attached hydrogen (secondary N) is 2. The number of carbonyl (C=O) groups is 1. The summed E-state index contributed by atoms with van der Waals surface area (Å²) in [5.41, 5.74) is 0.751. The van der Waals surface area contributed by atoms with Gasteiger partial charge in [-0.3, -0.25) is 0 Å². The Morgan fingerprint density at radius 1 is 1.08 bits per heavy atom. The first-order chi connectivity index (χ1) is 12.0. The number of aromatic carboxylic acids is 1. The summed E-state index contributed by atoms with van der Waals surface area (Å²) in [6, 6.07) is 12.8. The molecule has 0 fully saturated rings. The summed E-state index contributed by atoms with van der Waals surface area (Å²) in [5.74, 6) is -1.19. The molecule has 0 aliphatic rings. The second-order valence-corrected chi connectivity index (χ2v) is 8.86. The van der Waals surface area contributed by atoms with Crippen molar-refractivity contribution in [1.82, 2.24) is 4.72 Å². The molecule has 2 aromatic carbocycles. The van der Waals surface area contributed by atoms with E-state index in [9.17, 15) is 18.3 Å². The predicted octanol–water partition coefficient (Wildman–Crippen LogP) is 3.63. The van der Waals surface area contributed by atoms with E-state index in [0.717, 1.165) is 5.56 Å². The molecule has 3 N–H and O–H groups in total. The molecule has 0 heterocycles. The minimum atomic E-state index is -3.87. The highest BCUT2D eigenvalue weighted by Gasteiger charge is 2.23. The van der Waals surface area contributed by atoms with E-state index in [1.165, 1.54) is 18.2 Å². The molecule has 0 aromatic heterocycles. The first-order valence-electron chi connectivity index (χ1n) is 8.22. The molecule has 0 saturated carbocycles. The van der Waals surface area contributed by atoms with Crippen molar-refractivity contribution in [2.45, 2.75) is 44.2 Å². The minimum Gasteiger partial charge on any atom is -0.478 e. The van der Waals surface area contributed by atoms with Gasteiger partial charge >= 0.3 is 5.97 Å². The van der Waals surface area contributed by atoms with Gasteiger partial charge in [-0.25, -0.2) is 17.9 Å². The maximum absolute atomic E-state index is 12.7. The Balaban J connectivity index is 2.34. The lowest BCUT2D eigenvalue weighted by Crippen LogP contribution is -2.29. The molecule has 140 valence electrons. The molecular weight excluding hydrogens is 352 g/mol. The Hall–Kier alpha value is -2.38. The third-order valence-electron chi connectivity index (χ3n) is 3.67. The van der Waals surface area contributed by atoms with E-state index < -0.39 is 22.0 Å². The minimum absolute atomic E-state index is 0.0860. The van der Waals surface area contributed by atoms with Gasteiger partial charge in [0.05, 0.1) is 10.5 Å². The molecule has 0 unspecified atom stereocenters. The smallest absolute Gasteiger partial charge is 0.337 e. The van der Waals surface area contributed by atoms with Gasteiger partial charge in [0.15, 0.2) is 0 Å². The highest BCUT2D eigenvalue weighted by molar-refractivity contribution is 7.89. The molecule has 6 nitrogen and oxygen atoms in total. The molecule has 7 heteroatoms. The second kappa shape index (κ2) is 7.47. The number of carboxylic acid groups (broad SMARTS) is 1. The van der Waals surface area contributed by atoms with Gasteiger partial charge in [-0.15, -0.1) is 0 Å². The van der Waals surface area contributed by atoms with E-state index in [1.807, 2.05) is 51.1 Å². The maximum Gasteiger partial charge on any atom is 0.337 e. The summed E-state index contributed by atoms with van der Waals surface area (Å²) in [6.45, 7) is 7.42. The molecule has 2 rings (SSSR count). The number of hydrogen-bond acceptors (Lipinski definition) is 4. The Morgan fingerprint density at radius 3 is 2.23 bits per heavy atom. The van der Waals surface area contributed by atoms with Crippen molar-refractivity contribution in [1.29, 1.82) is 0 Å². The average molecular weight is 376 g/mol. The molecular formula is C19H24N2O4S. The van der Waals surface area contributed by atoms with Crippen LogP contribution in [0.2, 0.25) is 0 Å². The van der Waals surface area contributed by atoms with Crippen LogP contribution in [-0.4, -0.2) is 25.0 Å². The standard InChI is InChI=1S/C19H24N2O4S/c1-13(14-8-6-5-7-9-14)21-26(24,25)15-10-11-17(20-19(2,3)4)16(12-15)18(22)23/h5-13,20-21H,1-4H3,(H,22,23)/t13-/m1/s1. The third-order valence-corrected chi connectivity index (χ3v) is 5.21. The molecule has 0 radical (unpaired) electrons. The zero-order valence-electron chi connectivity index (χ0n) is 15.3. The van der Waals surface area contributed by atoms with E-state index in [2.05, 4.69) is 10.0 Å². The van der Waals surface area contributed by atoms with Crippen LogP contribution in [0.1, 0.15) is 49.7 Å². The van der Waals surface area contributed by atoms with E-state index in [0.29, 0.717) is 5.69 Å². The van der Waals surface area contributed by atoms with Crippen molar-refractivity contribution >= 4 is 21.7 Å². The lowest BCUT2D eigenvalue weighted by molar-refractivity contribution is 0.0697. The first kappa shape index (κ1) is 19.9. The van der Waals surface area contributed by atoms with Crippen LogP contribution in [0.4, 0.5) is 5.69 Å². The van der Waals surface area contributed by atoms with Gasteiger partial charge in [-0.2, -0.15) is 0 Å². The summed E-state index contributed by atoms with van der Waals surface area (Å²) < 4.78 is 27.9. The Morgan fingerprint density at radius 2 is 1.69 bits per heavy atom. The SMILES string of the molecule is C[C@@H](NS(=O)(=O)c1ccc(NC(C)(C)C)c(C(=O)O)c1)c1ccccc1. The first-order valence-corrected chi connectivity index (χ1v) is 9.71. The maximum atomic E-state index is 12.7. The van der Waals surface area contributed by atoms with Crippen molar-refractivity contribution in [2.75, 3.05) is 5.32 Å². The number of anilines is 1. The number of hydrogen-bond donors (Lipinski definition) is 3. The van der Waals surface area contributed by atoms with Gasteiger partial charge in [0, 0.05) is 17.3 Å². The van der Waals surface area contributed by atoms with E-state index >= 15 is 0 Å². The molecule has 0 bridgehead atoms. The molecule has 1 atom stereocenters. The van der Waals surface area contributed by atoms with Crippen LogP contribution in [0, 0.1) is 0 Å². The Bertz CT molecular complexity index is 888. The summed E-state index contributed by atoms with van der Waals surface area (Å²) in [4.78, 5) is 11.5. The highest BCUT2D eigenvalue weighted by Crippen LogP contribution is 2.25. The van der Waals surface area contributed by atoms with Crippen molar-refractivity contribution in [3.63, 3.8) is 0 Å². The summed E-state index contributed by atoms with van der Waals surface area (Å²) in [5, 5.41) is 12.5. The van der Waals surface area contributed by atoms with Gasteiger partial charge in [0.2, 0.25) is 10.0 Å². The van der Waals surface area contributed by atoms with Gasteiger partial charge in [-0.05, 0) is 51.5 Å². The van der Waals surface area contributed by atoms with Crippen LogP contribution in [-0.2, 0) is 10.0 Å². The number of carboxylic acids is 1. The predicted molar refractivity (Wildman–Crippen MR) is 102 cm³/mol. The fraction of sp³-hybridized carbons (Fsp3) is 0.316. The normalized spacial score (nSPS) is 13.2. The highest BCUT2D eigenvalue weighted by atomic mass is 32.2. The fourth-order valence-corrected chi connectivity index (χ4v) is 3.75. The van der Waals surface area contributed by atoms with Crippen LogP contribution >= 0.6 is 0 Å². The average Bonchev–Trinajstić information content (AvgIpc) is 2.53. The quantitative estimate of drug-likeness (QED) is 0.715. The van der Waals surface area contributed by atoms with E-state index in [4.69, 9.17) is 0 Å². The molecule has 0 aliphatic carbocycles. The summed E-state index contributed by atoms with van der Waals surface area (Å²) in [6.07, 6.45) is 0. The zero-order valence-corrected chi connectivity index (χ0v) is 16.1. The zero-order chi connectivity index (χ0) is 19.5. The molecule has 26 heavy (non-hydrogen) atoms. The van der Waals surface area contributed by atoms with Crippen molar-refractivity contribution < 1.29 is 18.3 Å². The number of rotatable bonds is 6. The van der Waals surface area contributed by atoms with Crippen LogP contribution in [0.15, 0.2) is 53.4 Å². The number of benzene rings is 2. The molecule has 0 saturated heterocycles. The summed E-state index contributed by atoms with van der Waals surface area (Å²) in [7, 11) is -3.87. The monoisotopic (exact) mass is 376 g/mol. The molecule has 0 amide bonds. The van der Waals surface area contributed by atoms with Gasteiger partial charge in [0.1, 0.15) is 0 Å². The number of sulfonamides is 1. The summed E-state index contributed by atoms with van der Waals surface area (Å²) >= 11 is 0. The van der Waals surface area contributed by atoms with Crippen molar-refractivity contribution in [3.05, 3.63) is 59.7 Å². The van der Waals surface area contributed by atoms with Gasteiger partial charge in [0.25, 0.3) is 0 Å². The molecule has 0 aliphatic heterocycles. The third kappa shape index (κ3) is 5.06. The molecule has 2 aromatic rings. The topological polar surface area (TPSA) is 95.5 Å². The van der Waals surface area contributed by atoms with Crippen LogP contribution < -0.4 is 10.0 Å². The Labute approximate surface area is 154 Å². The Kier molecular flexibility index (Phi) is 5.73. The van der Waals surface area contributed by atoms with Crippen molar-refractivity contribution in [2.24, 2.45) is 0 Å². The van der Waals surface area contributed by atoms with Crippen LogP contribution in [0.25, 0.3) is 0 Å². The van der Waals surface area contributed by atoms with Crippen LogP contribution in [0.5, 0.6) is 0 Å². The van der Waals surface area contributed by atoms with E-state index in [-0.39, 0.29) is 16.0 Å². The second-order valence-electron chi connectivity index (χ2n) is 7.14. The van der Waals surface area contributed by atoms with Crippen LogP contribution in [0.3, 0.4) is 0 Å². The van der Waals surface area contributed by atoms with Crippen molar-refractivity contribution in [3.8, 4) is 0 Å². The lowest BCUT2D eigenvalue weighted by atomic mass is 10.1. The lowest BCUT2D eigenvalue weighted by Gasteiger charge is -2.23. The van der Waals surface area contributed by atoms with Gasteiger partial charge in [-0.1, -0.05) is 30.3 Å². The molecule has 0 spiro atoms. The largest absolute Gasteiger partial charge is 0.478 e.